The van der Waals surface area contributed by atoms with E-state index < -0.39 is 5.97 Å². The summed E-state index contributed by atoms with van der Waals surface area (Å²) in [5.41, 5.74) is 3.89. The summed E-state index contributed by atoms with van der Waals surface area (Å²) in [5.74, 6) is -0.622. The molecule has 2 aromatic rings. The molecule has 0 unspecified atom stereocenters. The maximum atomic E-state index is 11.3. The molecular formula is C11H10N4O2S. The van der Waals surface area contributed by atoms with E-state index >= 15 is 0 Å². The van der Waals surface area contributed by atoms with Gasteiger partial charge in [-0.2, -0.15) is 0 Å². The van der Waals surface area contributed by atoms with Crippen LogP contribution >= 0.6 is 11.3 Å². The van der Waals surface area contributed by atoms with E-state index in [2.05, 4.69) is 20.3 Å². The van der Waals surface area contributed by atoms with Crippen molar-refractivity contribution in [2.45, 2.75) is 13.0 Å². The van der Waals surface area contributed by atoms with E-state index in [0.29, 0.717) is 23.6 Å². The van der Waals surface area contributed by atoms with Crippen molar-refractivity contribution in [3.05, 3.63) is 27.8 Å². The third kappa shape index (κ3) is 1.87. The Balaban J connectivity index is 2.18. The Bertz CT molecular complexity index is 597. The molecule has 0 saturated heterocycles. The quantitative estimate of drug-likeness (QED) is 0.837. The normalized spacial score (nSPS) is 14.2. The molecule has 0 bridgehead atoms. The Kier molecular flexibility index (Phi) is 2.77. The summed E-state index contributed by atoms with van der Waals surface area (Å²) in [5, 5.41) is 14.2. The lowest BCUT2D eigenvalue weighted by Crippen LogP contribution is -2.28. The minimum atomic E-state index is -1.02. The van der Waals surface area contributed by atoms with Gasteiger partial charge in [-0.15, -0.1) is 11.3 Å². The Morgan fingerprint density at radius 1 is 1.44 bits per heavy atom. The van der Waals surface area contributed by atoms with Crippen LogP contribution < -0.4 is 5.32 Å². The van der Waals surface area contributed by atoms with Gasteiger partial charge in [0.05, 0.1) is 11.2 Å². The number of fused-ring (bicyclic) bond motifs is 1. The van der Waals surface area contributed by atoms with Crippen LogP contribution in [0, 0.1) is 0 Å². The number of hydrogen-bond donors (Lipinski definition) is 2. The van der Waals surface area contributed by atoms with Gasteiger partial charge in [-0.3, -0.25) is 0 Å². The van der Waals surface area contributed by atoms with E-state index in [1.54, 1.807) is 5.51 Å². The van der Waals surface area contributed by atoms with Crippen LogP contribution in [0.15, 0.2) is 10.9 Å². The van der Waals surface area contributed by atoms with Gasteiger partial charge in [0.1, 0.15) is 5.69 Å². The molecule has 2 N–H and O–H groups in total. The average molecular weight is 262 g/mol. The molecular weight excluding hydrogens is 252 g/mol. The molecule has 92 valence electrons. The van der Waals surface area contributed by atoms with Crippen molar-refractivity contribution in [2.75, 3.05) is 6.54 Å². The van der Waals surface area contributed by atoms with E-state index in [4.69, 9.17) is 0 Å². The Morgan fingerprint density at radius 3 is 3.06 bits per heavy atom. The Morgan fingerprint density at radius 2 is 2.33 bits per heavy atom. The average Bonchev–Trinajstić information content (AvgIpc) is 2.91. The number of thiazole rings is 1. The minimum Gasteiger partial charge on any atom is -0.476 e. The molecule has 1 aliphatic rings. The molecule has 0 radical (unpaired) electrons. The minimum absolute atomic E-state index is 0.0789. The number of rotatable bonds is 2. The molecule has 0 aliphatic carbocycles. The fourth-order valence-electron chi connectivity index (χ4n) is 1.96. The van der Waals surface area contributed by atoms with Crippen molar-refractivity contribution in [1.29, 1.82) is 0 Å². The molecule has 3 rings (SSSR count). The summed E-state index contributed by atoms with van der Waals surface area (Å²) in [6.07, 6.45) is 0.718. The van der Waals surface area contributed by atoms with Crippen LogP contribution in [0.5, 0.6) is 0 Å². The standard InChI is InChI=1S/C11H10N4O2S/c16-11(17)9-6-3-12-2-1-7(6)14-10(15-9)8-4-18-5-13-8/h4-5,12H,1-3H2,(H,16,17). The van der Waals surface area contributed by atoms with E-state index in [1.165, 1.54) is 11.3 Å². The van der Waals surface area contributed by atoms with Crippen molar-refractivity contribution in [3.63, 3.8) is 0 Å². The number of hydrogen-bond acceptors (Lipinski definition) is 6. The molecule has 2 aromatic heterocycles. The second-order valence-electron chi connectivity index (χ2n) is 3.93. The van der Waals surface area contributed by atoms with E-state index in [1.807, 2.05) is 5.38 Å². The predicted octanol–water partition coefficient (Wildman–Crippen LogP) is 0.944. The number of nitrogens with zero attached hydrogens (tertiary/aromatic N) is 3. The first kappa shape index (κ1) is 11.2. The van der Waals surface area contributed by atoms with Crippen molar-refractivity contribution >= 4 is 17.3 Å². The molecule has 0 fully saturated rings. The lowest BCUT2D eigenvalue weighted by molar-refractivity contribution is 0.0688. The van der Waals surface area contributed by atoms with Gasteiger partial charge in [-0.1, -0.05) is 0 Å². The smallest absolute Gasteiger partial charge is 0.354 e. The van der Waals surface area contributed by atoms with Crippen molar-refractivity contribution in [2.24, 2.45) is 0 Å². The van der Waals surface area contributed by atoms with Crippen molar-refractivity contribution < 1.29 is 9.90 Å². The molecule has 0 amide bonds. The lowest BCUT2D eigenvalue weighted by atomic mass is 10.1. The summed E-state index contributed by atoms with van der Waals surface area (Å²) in [6, 6.07) is 0. The van der Waals surface area contributed by atoms with Crippen LogP contribution in [-0.4, -0.2) is 32.6 Å². The zero-order valence-electron chi connectivity index (χ0n) is 9.38. The molecule has 0 aromatic carbocycles. The third-order valence-electron chi connectivity index (χ3n) is 2.80. The molecule has 18 heavy (non-hydrogen) atoms. The van der Waals surface area contributed by atoms with Crippen LogP contribution in [-0.2, 0) is 13.0 Å². The first-order chi connectivity index (χ1) is 8.75. The highest BCUT2D eigenvalue weighted by Crippen LogP contribution is 2.21. The third-order valence-corrected chi connectivity index (χ3v) is 3.38. The summed E-state index contributed by atoms with van der Waals surface area (Å²) in [6.45, 7) is 1.31. The van der Waals surface area contributed by atoms with Crippen LogP contribution in [0.1, 0.15) is 21.7 Å². The molecule has 1 aliphatic heterocycles. The van der Waals surface area contributed by atoms with Gasteiger partial charge in [-0.25, -0.2) is 19.7 Å². The van der Waals surface area contributed by atoms with Crippen molar-refractivity contribution in [3.8, 4) is 11.5 Å². The number of nitrogens with one attached hydrogen (secondary N) is 1. The van der Waals surface area contributed by atoms with E-state index in [9.17, 15) is 9.90 Å². The fraction of sp³-hybridized carbons (Fsp3) is 0.273. The summed E-state index contributed by atoms with van der Waals surface area (Å²) >= 11 is 1.44. The van der Waals surface area contributed by atoms with Gasteiger partial charge in [-0.05, 0) is 0 Å². The largest absolute Gasteiger partial charge is 0.476 e. The van der Waals surface area contributed by atoms with Gasteiger partial charge in [0.25, 0.3) is 0 Å². The van der Waals surface area contributed by atoms with Gasteiger partial charge < -0.3 is 10.4 Å². The van der Waals surface area contributed by atoms with Crippen LogP contribution in [0.2, 0.25) is 0 Å². The molecule has 0 saturated carbocycles. The molecule has 0 spiro atoms. The molecule has 7 heteroatoms. The number of aromatic carboxylic acids is 1. The van der Waals surface area contributed by atoms with Gasteiger partial charge in [0, 0.05) is 30.5 Å². The van der Waals surface area contributed by atoms with E-state index in [0.717, 1.165) is 18.7 Å². The van der Waals surface area contributed by atoms with Crippen LogP contribution in [0.3, 0.4) is 0 Å². The van der Waals surface area contributed by atoms with E-state index in [-0.39, 0.29) is 5.69 Å². The maximum absolute atomic E-state index is 11.3. The van der Waals surface area contributed by atoms with Crippen molar-refractivity contribution in [1.82, 2.24) is 20.3 Å². The maximum Gasteiger partial charge on any atom is 0.354 e. The van der Waals surface area contributed by atoms with Crippen LogP contribution in [0.25, 0.3) is 11.5 Å². The molecule has 3 heterocycles. The summed E-state index contributed by atoms with van der Waals surface area (Å²) < 4.78 is 0. The summed E-state index contributed by atoms with van der Waals surface area (Å²) in [7, 11) is 0. The van der Waals surface area contributed by atoms with Gasteiger partial charge in [0.15, 0.2) is 11.5 Å². The first-order valence-electron chi connectivity index (χ1n) is 5.48. The number of carbonyl (C=O) groups is 1. The molecule has 6 nitrogen and oxygen atoms in total. The Labute approximate surface area is 107 Å². The van der Waals surface area contributed by atoms with Gasteiger partial charge >= 0.3 is 5.97 Å². The topological polar surface area (TPSA) is 88.0 Å². The SMILES string of the molecule is O=C(O)c1nc(-c2cscn2)nc2c1CNCC2. The first-order valence-corrected chi connectivity index (χ1v) is 6.42. The van der Waals surface area contributed by atoms with Gasteiger partial charge in [0.2, 0.25) is 0 Å². The second kappa shape index (κ2) is 4.43. The van der Waals surface area contributed by atoms with Crippen LogP contribution in [0.4, 0.5) is 0 Å². The molecule has 0 atom stereocenters. The lowest BCUT2D eigenvalue weighted by Gasteiger charge is -2.18. The highest BCUT2D eigenvalue weighted by Gasteiger charge is 2.22. The highest BCUT2D eigenvalue weighted by atomic mass is 32.1. The number of aromatic nitrogens is 3. The second-order valence-corrected chi connectivity index (χ2v) is 4.65. The zero-order chi connectivity index (χ0) is 12.5. The highest BCUT2D eigenvalue weighted by molar-refractivity contribution is 7.07. The summed E-state index contributed by atoms with van der Waals surface area (Å²) in [4.78, 5) is 23.9. The fourth-order valence-corrected chi connectivity index (χ4v) is 2.49. The number of carboxylic acid groups (broad SMARTS) is 1. The monoisotopic (exact) mass is 262 g/mol. The number of carboxylic acids is 1. The predicted molar refractivity (Wildman–Crippen MR) is 65.5 cm³/mol. The Hall–Kier alpha value is -1.86. The zero-order valence-corrected chi connectivity index (χ0v) is 10.2.